The Morgan fingerprint density at radius 3 is 2.30 bits per heavy atom. The SMILES string of the molecule is CCC(C)(C)C(=O)Oc1cccc(C(=O)OC(CS(=O)(=O)O)C(F)(F)F)c1. The first-order valence-corrected chi connectivity index (χ1v) is 9.32. The third-order valence-corrected chi connectivity index (χ3v) is 4.42. The Hall–Kier alpha value is -2.14. The summed E-state index contributed by atoms with van der Waals surface area (Å²) in [6.07, 6.45) is -7.79. The van der Waals surface area contributed by atoms with Crippen molar-refractivity contribution in [1.29, 1.82) is 0 Å². The quantitative estimate of drug-likeness (QED) is 0.417. The number of carbonyl (C=O) groups excluding carboxylic acids is 2. The molecule has 0 aliphatic carbocycles. The lowest BCUT2D eigenvalue weighted by molar-refractivity contribution is -0.197. The van der Waals surface area contributed by atoms with Gasteiger partial charge in [-0.1, -0.05) is 13.0 Å². The second-order valence-corrected chi connectivity index (χ2v) is 7.84. The van der Waals surface area contributed by atoms with Crippen LogP contribution >= 0.6 is 0 Å². The summed E-state index contributed by atoms with van der Waals surface area (Å²) < 4.78 is 77.8. The minimum atomic E-state index is -5.21. The van der Waals surface area contributed by atoms with E-state index in [2.05, 4.69) is 4.74 Å². The third kappa shape index (κ3) is 7.18. The molecular weight excluding hydrogens is 393 g/mol. The van der Waals surface area contributed by atoms with Crippen molar-refractivity contribution in [3.63, 3.8) is 0 Å². The van der Waals surface area contributed by atoms with Crippen LogP contribution in [0.25, 0.3) is 0 Å². The van der Waals surface area contributed by atoms with Crippen LogP contribution in [0.4, 0.5) is 13.2 Å². The molecular formula is C16H19F3O7S. The molecule has 27 heavy (non-hydrogen) atoms. The first-order valence-electron chi connectivity index (χ1n) is 7.71. The van der Waals surface area contributed by atoms with Crippen LogP contribution in [0, 0.1) is 5.41 Å². The highest BCUT2D eigenvalue weighted by molar-refractivity contribution is 7.85. The molecule has 0 amide bonds. The van der Waals surface area contributed by atoms with Crippen molar-refractivity contribution in [2.24, 2.45) is 5.41 Å². The largest absolute Gasteiger partial charge is 0.448 e. The van der Waals surface area contributed by atoms with Gasteiger partial charge in [-0.25, -0.2) is 4.79 Å². The van der Waals surface area contributed by atoms with Crippen LogP contribution in [0.5, 0.6) is 5.75 Å². The topological polar surface area (TPSA) is 107 Å². The average molecular weight is 412 g/mol. The molecule has 1 unspecified atom stereocenters. The van der Waals surface area contributed by atoms with Crippen LogP contribution in [0.15, 0.2) is 24.3 Å². The molecule has 1 rings (SSSR count). The molecule has 1 aromatic rings. The van der Waals surface area contributed by atoms with Gasteiger partial charge in [-0.15, -0.1) is 0 Å². The van der Waals surface area contributed by atoms with E-state index in [1.807, 2.05) is 0 Å². The summed E-state index contributed by atoms with van der Waals surface area (Å²) in [5, 5.41) is 0. The van der Waals surface area contributed by atoms with Crippen molar-refractivity contribution in [3.05, 3.63) is 29.8 Å². The van der Waals surface area contributed by atoms with E-state index in [1.165, 1.54) is 12.1 Å². The summed E-state index contributed by atoms with van der Waals surface area (Å²) in [7, 11) is -5.04. The maximum atomic E-state index is 12.8. The number of ether oxygens (including phenoxy) is 2. The zero-order valence-corrected chi connectivity index (χ0v) is 15.6. The first kappa shape index (κ1) is 22.9. The van der Waals surface area contributed by atoms with Gasteiger partial charge in [0, 0.05) is 0 Å². The number of rotatable bonds is 7. The molecule has 7 nitrogen and oxygen atoms in total. The van der Waals surface area contributed by atoms with Gasteiger partial charge in [-0.2, -0.15) is 21.6 Å². The summed E-state index contributed by atoms with van der Waals surface area (Å²) in [6.45, 7) is 5.04. The molecule has 152 valence electrons. The van der Waals surface area contributed by atoms with E-state index in [0.29, 0.717) is 6.42 Å². The van der Waals surface area contributed by atoms with Crippen molar-refractivity contribution in [2.75, 3.05) is 5.75 Å². The van der Waals surface area contributed by atoms with Gasteiger partial charge in [0.2, 0.25) is 6.10 Å². The van der Waals surface area contributed by atoms with E-state index in [4.69, 9.17) is 9.29 Å². The molecule has 1 aromatic carbocycles. The molecule has 0 saturated heterocycles. The smallest absolute Gasteiger partial charge is 0.426 e. The van der Waals surface area contributed by atoms with Crippen molar-refractivity contribution in [1.82, 2.24) is 0 Å². The average Bonchev–Trinajstić information content (AvgIpc) is 2.52. The molecule has 0 heterocycles. The van der Waals surface area contributed by atoms with Gasteiger partial charge in [-0.3, -0.25) is 9.35 Å². The number of esters is 2. The van der Waals surface area contributed by atoms with Crippen LogP contribution in [0.2, 0.25) is 0 Å². The lowest BCUT2D eigenvalue weighted by Gasteiger charge is -2.21. The van der Waals surface area contributed by atoms with Gasteiger partial charge in [0.1, 0.15) is 11.5 Å². The molecule has 0 fully saturated rings. The molecule has 0 bridgehead atoms. The lowest BCUT2D eigenvalue weighted by atomic mass is 9.91. The lowest BCUT2D eigenvalue weighted by Crippen LogP contribution is -2.39. The van der Waals surface area contributed by atoms with Gasteiger partial charge in [0.25, 0.3) is 10.1 Å². The number of alkyl halides is 3. The highest BCUT2D eigenvalue weighted by Gasteiger charge is 2.45. The van der Waals surface area contributed by atoms with Gasteiger partial charge >= 0.3 is 18.1 Å². The Morgan fingerprint density at radius 1 is 1.22 bits per heavy atom. The minimum absolute atomic E-state index is 0.0886. The Bertz CT molecular complexity index is 800. The second-order valence-electron chi connectivity index (χ2n) is 6.34. The van der Waals surface area contributed by atoms with E-state index < -0.39 is 45.5 Å². The van der Waals surface area contributed by atoms with E-state index in [9.17, 15) is 31.2 Å². The zero-order chi connectivity index (χ0) is 21.0. The van der Waals surface area contributed by atoms with Crippen LogP contribution < -0.4 is 4.74 Å². The fourth-order valence-electron chi connectivity index (χ4n) is 1.66. The van der Waals surface area contributed by atoms with Crippen LogP contribution in [0.3, 0.4) is 0 Å². The summed E-state index contributed by atoms with van der Waals surface area (Å²) >= 11 is 0. The monoisotopic (exact) mass is 412 g/mol. The predicted octanol–water partition coefficient (Wildman–Crippen LogP) is 3.00. The van der Waals surface area contributed by atoms with E-state index >= 15 is 0 Å². The fourth-order valence-corrected chi connectivity index (χ4v) is 2.30. The Morgan fingerprint density at radius 2 is 1.81 bits per heavy atom. The van der Waals surface area contributed by atoms with E-state index in [0.717, 1.165) is 12.1 Å². The molecule has 11 heteroatoms. The highest BCUT2D eigenvalue weighted by Crippen LogP contribution is 2.27. The Kier molecular flexibility index (Phi) is 7.00. The highest BCUT2D eigenvalue weighted by atomic mass is 32.2. The van der Waals surface area contributed by atoms with Gasteiger partial charge in [0.05, 0.1) is 11.0 Å². The van der Waals surface area contributed by atoms with Gasteiger partial charge in [-0.05, 0) is 38.5 Å². The summed E-state index contributed by atoms with van der Waals surface area (Å²) in [5.41, 5.74) is -1.20. The molecule has 1 N–H and O–H groups in total. The number of hydrogen-bond donors (Lipinski definition) is 1. The van der Waals surface area contributed by atoms with Crippen LogP contribution in [-0.4, -0.2) is 42.9 Å². The van der Waals surface area contributed by atoms with Crippen LogP contribution in [0.1, 0.15) is 37.6 Å². The summed E-state index contributed by atoms with van der Waals surface area (Å²) in [5.74, 6) is -4.01. The maximum Gasteiger partial charge on any atom is 0.426 e. The molecule has 1 atom stereocenters. The normalized spacial score (nSPS) is 13.7. The fraction of sp³-hybridized carbons (Fsp3) is 0.500. The Labute approximate surface area is 154 Å². The van der Waals surface area contributed by atoms with Crippen LogP contribution in [-0.2, 0) is 19.6 Å². The van der Waals surface area contributed by atoms with Crippen molar-refractivity contribution in [3.8, 4) is 5.75 Å². The van der Waals surface area contributed by atoms with Crippen molar-refractivity contribution >= 4 is 22.1 Å². The molecule has 0 aliphatic heterocycles. The maximum absolute atomic E-state index is 12.8. The van der Waals surface area contributed by atoms with Gasteiger partial charge < -0.3 is 9.47 Å². The molecule has 0 radical (unpaired) electrons. The third-order valence-electron chi connectivity index (χ3n) is 3.69. The second kappa shape index (κ2) is 8.26. The van der Waals surface area contributed by atoms with Crippen molar-refractivity contribution < 1.29 is 45.2 Å². The number of carbonyl (C=O) groups is 2. The first-order chi connectivity index (χ1) is 12.2. The summed E-state index contributed by atoms with van der Waals surface area (Å²) in [4.78, 5) is 24.0. The molecule has 0 spiro atoms. The van der Waals surface area contributed by atoms with E-state index in [-0.39, 0.29) is 11.3 Å². The Balaban J connectivity index is 2.99. The van der Waals surface area contributed by atoms with Crippen molar-refractivity contribution in [2.45, 2.75) is 39.5 Å². The standard InChI is InChI=1S/C16H19F3O7S/c1-4-15(2,3)14(21)25-11-7-5-6-10(8-11)13(20)26-12(16(17,18)19)9-27(22,23)24/h5-8,12H,4,9H2,1-3H3,(H,22,23,24). The minimum Gasteiger partial charge on any atom is -0.448 e. The van der Waals surface area contributed by atoms with Gasteiger partial charge in [0.15, 0.2) is 0 Å². The zero-order valence-electron chi connectivity index (χ0n) is 14.7. The molecule has 0 saturated carbocycles. The molecule has 0 aromatic heterocycles. The number of halogens is 3. The number of hydrogen-bond acceptors (Lipinski definition) is 6. The summed E-state index contributed by atoms with van der Waals surface area (Å²) in [6, 6.07) is 4.67. The van der Waals surface area contributed by atoms with E-state index in [1.54, 1.807) is 20.8 Å². The number of benzene rings is 1. The predicted molar refractivity (Wildman–Crippen MR) is 87.8 cm³/mol. The molecule has 0 aliphatic rings.